The van der Waals surface area contributed by atoms with Crippen molar-refractivity contribution >= 4 is 23.4 Å². The Morgan fingerprint density at radius 3 is 2.36 bits per heavy atom. The largest absolute Gasteiger partial charge is 0.453 e. The van der Waals surface area contributed by atoms with Crippen LogP contribution >= 0.6 is 0 Å². The standard InChI is InChI=1S/C16H19F3N4O5/c1-20(15(25)28-2)10-14(24)22-7-5-21(6-8-22)12-4-3-11(16(17,18)19)9-13(12)23(26)27/h3-4,9H,5-8,10H2,1-2H3. The van der Waals surface area contributed by atoms with Gasteiger partial charge in [0.15, 0.2) is 0 Å². The number of hydrogen-bond acceptors (Lipinski definition) is 6. The molecule has 9 nitrogen and oxygen atoms in total. The molecule has 1 heterocycles. The zero-order valence-corrected chi connectivity index (χ0v) is 15.2. The van der Waals surface area contributed by atoms with E-state index in [1.54, 1.807) is 4.90 Å². The Morgan fingerprint density at radius 2 is 1.86 bits per heavy atom. The molecule has 154 valence electrons. The number of piperazine rings is 1. The number of likely N-dealkylation sites (N-methyl/N-ethyl adjacent to an activating group) is 1. The normalized spacial score (nSPS) is 14.6. The Morgan fingerprint density at radius 1 is 1.25 bits per heavy atom. The molecule has 1 aliphatic rings. The zero-order chi connectivity index (χ0) is 21.1. The van der Waals surface area contributed by atoms with Crippen molar-refractivity contribution in [2.24, 2.45) is 0 Å². The van der Waals surface area contributed by atoms with Crippen molar-refractivity contribution in [3.8, 4) is 0 Å². The SMILES string of the molecule is COC(=O)N(C)CC(=O)N1CCN(c2ccc(C(F)(F)F)cc2[N+](=O)[O-])CC1. The molecule has 0 spiro atoms. The summed E-state index contributed by atoms with van der Waals surface area (Å²) in [5.74, 6) is -0.325. The molecule has 0 saturated carbocycles. The Kier molecular flexibility index (Phi) is 6.31. The van der Waals surface area contributed by atoms with E-state index in [1.165, 1.54) is 19.1 Å². The molecule has 1 aromatic rings. The van der Waals surface area contributed by atoms with Crippen LogP contribution in [0.2, 0.25) is 0 Å². The van der Waals surface area contributed by atoms with Crippen molar-refractivity contribution in [3.63, 3.8) is 0 Å². The third-order valence-corrected chi connectivity index (χ3v) is 4.33. The van der Waals surface area contributed by atoms with Crippen molar-refractivity contribution in [1.29, 1.82) is 0 Å². The Labute approximate surface area is 158 Å². The van der Waals surface area contributed by atoms with Gasteiger partial charge in [0.1, 0.15) is 12.2 Å². The van der Waals surface area contributed by atoms with Gasteiger partial charge in [-0.3, -0.25) is 14.9 Å². The maximum Gasteiger partial charge on any atom is 0.416 e. The van der Waals surface area contributed by atoms with Gasteiger partial charge in [-0.1, -0.05) is 0 Å². The number of nitrogens with zero attached hydrogens (tertiary/aromatic N) is 4. The maximum atomic E-state index is 12.8. The van der Waals surface area contributed by atoms with Gasteiger partial charge in [-0.15, -0.1) is 0 Å². The van der Waals surface area contributed by atoms with Gasteiger partial charge in [0.05, 0.1) is 17.6 Å². The maximum absolute atomic E-state index is 12.8. The lowest BCUT2D eigenvalue weighted by atomic mass is 10.1. The van der Waals surface area contributed by atoms with E-state index in [-0.39, 0.29) is 44.3 Å². The van der Waals surface area contributed by atoms with Gasteiger partial charge in [-0.2, -0.15) is 13.2 Å². The first kappa shape index (κ1) is 21.3. The molecule has 0 bridgehead atoms. The van der Waals surface area contributed by atoms with Crippen molar-refractivity contribution < 1.29 is 32.4 Å². The van der Waals surface area contributed by atoms with E-state index < -0.39 is 28.4 Å². The molecule has 2 amide bonds. The summed E-state index contributed by atoms with van der Waals surface area (Å²) in [5.41, 5.74) is -1.67. The second kappa shape index (κ2) is 8.31. The Balaban J connectivity index is 2.08. The first-order chi connectivity index (χ1) is 13.0. The lowest BCUT2D eigenvalue weighted by Crippen LogP contribution is -2.51. The minimum absolute atomic E-state index is 0.0665. The van der Waals surface area contributed by atoms with Crippen LogP contribution in [-0.4, -0.2) is 73.6 Å². The van der Waals surface area contributed by atoms with Gasteiger partial charge in [0.25, 0.3) is 5.69 Å². The number of carbonyl (C=O) groups excluding carboxylic acids is 2. The summed E-state index contributed by atoms with van der Waals surface area (Å²) in [4.78, 5) is 38.1. The van der Waals surface area contributed by atoms with E-state index in [1.807, 2.05) is 0 Å². The molecule has 0 atom stereocenters. The molecule has 0 N–H and O–H groups in total. The molecular weight excluding hydrogens is 385 g/mol. The molecule has 2 rings (SSSR count). The second-order valence-corrected chi connectivity index (χ2v) is 6.15. The van der Waals surface area contributed by atoms with E-state index in [0.29, 0.717) is 6.07 Å². The van der Waals surface area contributed by atoms with Gasteiger partial charge in [0.2, 0.25) is 5.91 Å². The van der Waals surface area contributed by atoms with Crippen molar-refractivity contribution in [2.75, 3.05) is 51.8 Å². The summed E-state index contributed by atoms with van der Waals surface area (Å²) >= 11 is 0. The monoisotopic (exact) mass is 404 g/mol. The van der Waals surface area contributed by atoms with Crippen molar-refractivity contribution in [2.45, 2.75) is 6.18 Å². The van der Waals surface area contributed by atoms with E-state index >= 15 is 0 Å². The Bertz CT molecular complexity index is 763. The van der Waals surface area contributed by atoms with Crippen LogP contribution in [0, 0.1) is 10.1 Å². The fourth-order valence-corrected chi connectivity index (χ4v) is 2.83. The number of methoxy groups -OCH3 is 1. The first-order valence-corrected chi connectivity index (χ1v) is 8.22. The van der Waals surface area contributed by atoms with E-state index in [2.05, 4.69) is 4.74 Å². The minimum Gasteiger partial charge on any atom is -0.453 e. The highest BCUT2D eigenvalue weighted by atomic mass is 19.4. The average Bonchev–Trinajstić information content (AvgIpc) is 2.66. The fourth-order valence-electron chi connectivity index (χ4n) is 2.83. The molecule has 0 aliphatic carbocycles. The third kappa shape index (κ3) is 4.81. The summed E-state index contributed by atoms with van der Waals surface area (Å²) in [5, 5.41) is 11.2. The number of rotatable bonds is 4. The van der Waals surface area contributed by atoms with Crippen LogP contribution in [0.4, 0.5) is 29.3 Å². The molecule has 1 aromatic carbocycles. The van der Waals surface area contributed by atoms with Crippen LogP contribution in [-0.2, 0) is 15.7 Å². The van der Waals surface area contributed by atoms with Crippen LogP contribution in [0.1, 0.15) is 5.56 Å². The smallest absolute Gasteiger partial charge is 0.416 e. The zero-order valence-electron chi connectivity index (χ0n) is 15.2. The number of amides is 2. The molecule has 0 aromatic heterocycles. The molecular formula is C16H19F3N4O5. The fraction of sp³-hybridized carbons (Fsp3) is 0.500. The van der Waals surface area contributed by atoms with Gasteiger partial charge in [-0.05, 0) is 12.1 Å². The lowest BCUT2D eigenvalue weighted by Gasteiger charge is -2.36. The van der Waals surface area contributed by atoms with Crippen LogP contribution in [0.3, 0.4) is 0 Å². The summed E-state index contributed by atoms with van der Waals surface area (Å²) < 4.78 is 43.0. The number of nitro benzene ring substituents is 1. The summed E-state index contributed by atoms with van der Waals surface area (Å²) in [7, 11) is 2.60. The second-order valence-electron chi connectivity index (χ2n) is 6.15. The van der Waals surface area contributed by atoms with Gasteiger partial charge < -0.3 is 19.4 Å². The molecule has 28 heavy (non-hydrogen) atoms. The highest BCUT2D eigenvalue weighted by molar-refractivity contribution is 5.82. The first-order valence-electron chi connectivity index (χ1n) is 8.22. The third-order valence-electron chi connectivity index (χ3n) is 4.33. The summed E-state index contributed by atoms with van der Waals surface area (Å²) in [6.07, 6.45) is -5.34. The van der Waals surface area contributed by atoms with Gasteiger partial charge >= 0.3 is 12.3 Å². The van der Waals surface area contributed by atoms with Crippen molar-refractivity contribution in [3.05, 3.63) is 33.9 Å². The highest BCUT2D eigenvalue weighted by Gasteiger charge is 2.34. The number of carbonyl (C=O) groups is 2. The highest BCUT2D eigenvalue weighted by Crippen LogP contribution is 2.36. The summed E-state index contributed by atoms with van der Waals surface area (Å²) in [6.45, 7) is 0.658. The lowest BCUT2D eigenvalue weighted by molar-refractivity contribution is -0.384. The van der Waals surface area contributed by atoms with Crippen molar-refractivity contribution in [1.82, 2.24) is 9.80 Å². The molecule has 0 unspecified atom stereocenters. The number of hydrogen-bond donors (Lipinski definition) is 0. The molecule has 1 aliphatic heterocycles. The van der Waals surface area contributed by atoms with E-state index in [9.17, 15) is 32.9 Å². The molecule has 12 heteroatoms. The van der Waals surface area contributed by atoms with E-state index in [4.69, 9.17) is 0 Å². The number of nitro groups is 1. The number of alkyl halides is 3. The van der Waals surface area contributed by atoms with Gasteiger partial charge in [-0.25, -0.2) is 4.79 Å². The van der Waals surface area contributed by atoms with Crippen LogP contribution in [0.5, 0.6) is 0 Å². The molecule has 1 fully saturated rings. The number of benzene rings is 1. The van der Waals surface area contributed by atoms with Crippen LogP contribution < -0.4 is 4.90 Å². The number of halogens is 3. The minimum atomic E-state index is -4.68. The topological polar surface area (TPSA) is 96.2 Å². The number of ether oxygens (including phenoxy) is 1. The summed E-state index contributed by atoms with van der Waals surface area (Å²) in [6, 6.07) is 2.38. The molecule has 0 radical (unpaired) electrons. The van der Waals surface area contributed by atoms with Gasteiger partial charge in [0, 0.05) is 39.3 Å². The van der Waals surface area contributed by atoms with Crippen LogP contribution in [0.25, 0.3) is 0 Å². The molecule has 1 saturated heterocycles. The average molecular weight is 404 g/mol. The Hall–Kier alpha value is -3.05. The predicted molar refractivity (Wildman–Crippen MR) is 91.9 cm³/mol. The van der Waals surface area contributed by atoms with Crippen LogP contribution in [0.15, 0.2) is 18.2 Å². The van der Waals surface area contributed by atoms with E-state index in [0.717, 1.165) is 17.0 Å². The predicted octanol–water partition coefficient (Wildman–Crippen LogP) is 1.96. The number of anilines is 1. The quantitative estimate of drug-likeness (QED) is 0.562.